The number of fused-ring (bicyclic) bond motifs is 1. The highest BCUT2D eigenvalue weighted by Crippen LogP contribution is 2.34. The van der Waals surface area contributed by atoms with Crippen LogP contribution in [0.2, 0.25) is 0 Å². The molecule has 2 heterocycles. The van der Waals surface area contributed by atoms with Crippen LogP contribution in [-0.2, 0) is 11.2 Å². The van der Waals surface area contributed by atoms with Gasteiger partial charge in [0.05, 0.1) is 18.7 Å². The number of amides is 1. The van der Waals surface area contributed by atoms with Crippen molar-refractivity contribution in [1.82, 2.24) is 9.80 Å². The SMILES string of the molecule is C=CCC[C@H](O)CN(CC(=O)N1CCc2sccc2[C@H]1COc1cccc(C)c1)C(C)C. The molecule has 5 nitrogen and oxygen atoms in total. The van der Waals surface area contributed by atoms with Gasteiger partial charge in [-0.3, -0.25) is 9.69 Å². The largest absolute Gasteiger partial charge is 0.491 e. The zero-order valence-corrected chi connectivity index (χ0v) is 20.3. The Kier molecular flexibility index (Phi) is 8.91. The molecule has 2 atom stereocenters. The molecule has 0 unspecified atom stereocenters. The van der Waals surface area contributed by atoms with Crippen LogP contribution in [-0.4, -0.2) is 59.2 Å². The van der Waals surface area contributed by atoms with E-state index in [1.165, 1.54) is 10.4 Å². The summed E-state index contributed by atoms with van der Waals surface area (Å²) in [6.45, 7) is 11.8. The molecular weight excluding hydrogens is 420 g/mol. The first-order chi connectivity index (χ1) is 15.4. The van der Waals surface area contributed by atoms with Gasteiger partial charge in [0, 0.05) is 24.0 Å². The van der Waals surface area contributed by atoms with Gasteiger partial charge < -0.3 is 14.7 Å². The molecule has 32 heavy (non-hydrogen) atoms. The topological polar surface area (TPSA) is 53.0 Å². The number of allylic oxidation sites excluding steroid dienone is 1. The minimum absolute atomic E-state index is 0.0873. The van der Waals surface area contributed by atoms with Crippen LogP contribution < -0.4 is 4.74 Å². The Bertz CT molecular complexity index is 895. The third kappa shape index (κ3) is 6.44. The van der Waals surface area contributed by atoms with Gasteiger partial charge in [-0.25, -0.2) is 0 Å². The lowest BCUT2D eigenvalue weighted by atomic mass is 10.00. The zero-order valence-electron chi connectivity index (χ0n) is 19.5. The van der Waals surface area contributed by atoms with Crippen LogP contribution in [0.25, 0.3) is 0 Å². The molecule has 0 spiro atoms. The Hall–Kier alpha value is -2.15. The van der Waals surface area contributed by atoms with Crippen LogP contribution in [0.1, 0.15) is 48.7 Å². The van der Waals surface area contributed by atoms with Gasteiger partial charge in [-0.05, 0) is 74.7 Å². The first kappa shape index (κ1) is 24.5. The Labute approximate surface area is 196 Å². The summed E-state index contributed by atoms with van der Waals surface area (Å²) >= 11 is 1.76. The molecule has 6 heteroatoms. The van der Waals surface area contributed by atoms with Crippen molar-refractivity contribution in [2.75, 3.05) is 26.2 Å². The molecule has 1 aliphatic heterocycles. The van der Waals surface area contributed by atoms with Gasteiger partial charge in [-0.15, -0.1) is 17.9 Å². The fourth-order valence-corrected chi connectivity index (χ4v) is 5.08. The van der Waals surface area contributed by atoms with E-state index in [4.69, 9.17) is 4.74 Å². The summed E-state index contributed by atoms with van der Waals surface area (Å²) in [4.78, 5) is 18.8. The molecule has 1 aromatic heterocycles. The monoisotopic (exact) mass is 456 g/mol. The number of carbonyl (C=O) groups is 1. The maximum Gasteiger partial charge on any atom is 0.237 e. The molecule has 1 aliphatic rings. The summed E-state index contributed by atoms with van der Waals surface area (Å²) in [5.41, 5.74) is 2.35. The smallest absolute Gasteiger partial charge is 0.237 e. The summed E-state index contributed by atoms with van der Waals surface area (Å²) in [5, 5.41) is 12.5. The Morgan fingerprint density at radius 1 is 1.41 bits per heavy atom. The predicted octanol–water partition coefficient (Wildman–Crippen LogP) is 4.60. The Morgan fingerprint density at radius 2 is 2.22 bits per heavy atom. The number of aliphatic hydroxyl groups excluding tert-OH is 1. The number of hydrogen-bond acceptors (Lipinski definition) is 5. The third-order valence-corrected chi connectivity index (χ3v) is 7.03. The number of rotatable bonds is 11. The highest BCUT2D eigenvalue weighted by molar-refractivity contribution is 7.10. The Balaban J connectivity index is 1.71. The van der Waals surface area contributed by atoms with E-state index in [-0.39, 0.29) is 18.0 Å². The van der Waals surface area contributed by atoms with E-state index in [1.807, 2.05) is 42.2 Å². The van der Waals surface area contributed by atoms with Crippen molar-refractivity contribution in [1.29, 1.82) is 0 Å². The fraction of sp³-hybridized carbons (Fsp3) is 0.500. The molecule has 0 radical (unpaired) electrons. The number of thiophene rings is 1. The first-order valence-corrected chi connectivity index (χ1v) is 12.3. The van der Waals surface area contributed by atoms with Crippen molar-refractivity contribution < 1.29 is 14.6 Å². The zero-order chi connectivity index (χ0) is 23.1. The van der Waals surface area contributed by atoms with E-state index in [1.54, 1.807) is 11.3 Å². The van der Waals surface area contributed by atoms with Crippen molar-refractivity contribution in [3.63, 3.8) is 0 Å². The van der Waals surface area contributed by atoms with E-state index in [2.05, 4.69) is 36.8 Å². The first-order valence-electron chi connectivity index (χ1n) is 11.5. The van der Waals surface area contributed by atoms with Crippen LogP contribution in [0.3, 0.4) is 0 Å². The van der Waals surface area contributed by atoms with E-state index in [0.717, 1.165) is 24.2 Å². The average Bonchev–Trinajstić information content (AvgIpc) is 3.24. The third-order valence-electron chi connectivity index (χ3n) is 6.03. The standard InChI is InChI=1S/C26H36N2O3S/c1-5-6-9-21(29)16-27(19(2)3)17-26(30)28-13-11-25-23(12-14-32-25)24(28)18-31-22-10-7-8-20(4)15-22/h5,7-8,10,12,14-15,19,21,24,29H,1,6,9,11,13,16-18H2,2-4H3/t21-,24+/m0/s1. The second-order valence-corrected chi connectivity index (χ2v) is 9.82. The molecule has 3 rings (SSSR count). The number of ether oxygens (including phenoxy) is 1. The highest BCUT2D eigenvalue weighted by Gasteiger charge is 2.33. The summed E-state index contributed by atoms with van der Waals surface area (Å²) < 4.78 is 6.14. The van der Waals surface area contributed by atoms with E-state index < -0.39 is 6.10 Å². The van der Waals surface area contributed by atoms with Gasteiger partial charge in [0.15, 0.2) is 0 Å². The van der Waals surface area contributed by atoms with Gasteiger partial charge in [-0.1, -0.05) is 18.2 Å². The van der Waals surface area contributed by atoms with Gasteiger partial charge >= 0.3 is 0 Å². The number of hydrogen-bond donors (Lipinski definition) is 1. The van der Waals surface area contributed by atoms with Gasteiger partial charge in [0.2, 0.25) is 5.91 Å². The highest BCUT2D eigenvalue weighted by atomic mass is 32.1. The van der Waals surface area contributed by atoms with Crippen LogP contribution in [0.5, 0.6) is 5.75 Å². The van der Waals surface area contributed by atoms with Crippen LogP contribution in [0, 0.1) is 6.92 Å². The second-order valence-electron chi connectivity index (χ2n) is 8.82. The van der Waals surface area contributed by atoms with Gasteiger partial charge in [-0.2, -0.15) is 0 Å². The lowest BCUT2D eigenvalue weighted by Gasteiger charge is -2.38. The van der Waals surface area contributed by atoms with Crippen LogP contribution in [0.15, 0.2) is 48.4 Å². The number of aliphatic hydroxyl groups is 1. The molecule has 1 amide bonds. The molecule has 174 valence electrons. The Morgan fingerprint density at radius 3 is 2.94 bits per heavy atom. The summed E-state index contributed by atoms with van der Waals surface area (Å²) in [7, 11) is 0. The quantitative estimate of drug-likeness (QED) is 0.502. The van der Waals surface area contributed by atoms with Crippen molar-refractivity contribution in [2.45, 2.75) is 58.2 Å². The molecule has 0 fully saturated rings. The van der Waals surface area contributed by atoms with Crippen LogP contribution >= 0.6 is 11.3 Å². The van der Waals surface area contributed by atoms with Gasteiger partial charge in [0.1, 0.15) is 12.4 Å². The number of benzene rings is 1. The number of aryl methyl sites for hydroxylation is 1. The summed E-state index contributed by atoms with van der Waals surface area (Å²) in [5.74, 6) is 0.915. The molecule has 0 saturated carbocycles. The summed E-state index contributed by atoms with van der Waals surface area (Å²) in [6.07, 6.45) is 3.67. The molecule has 2 aromatic rings. The van der Waals surface area contributed by atoms with E-state index >= 15 is 0 Å². The molecule has 0 saturated heterocycles. The lowest BCUT2D eigenvalue weighted by Crippen LogP contribution is -2.49. The molecule has 0 bridgehead atoms. The van der Waals surface area contributed by atoms with Crippen molar-refractivity contribution in [3.8, 4) is 5.75 Å². The van der Waals surface area contributed by atoms with Crippen molar-refractivity contribution in [3.05, 3.63) is 64.4 Å². The van der Waals surface area contributed by atoms with Crippen molar-refractivity contribution in [2.24, 2.45) is 0 Å². The fourth-order valence-electron chi connectivity index (χ4n) is 4.15. The van der Waals surface area contributed by atoms with Crippen molar-refractivity contribution >= 4 is 17.2 Å². The van der Waals surface area contributed by atoms with E-state index in [9.17, 15) is 9.90 Å². The van der Waals surface area contributed by atoms with E-state index in [0.29, 0.717) is 32.7 Å². The molecular formula is C26H36N2O3S. The minimum Gasteiger partial charge on any atom is -0.491 e. The van der Waals surface area contributed by atoms with Crippen LogP contribution in [0.4, 0.5) is 0 Å². The number of nitrogens with zero attached hydrogens (tertiary/aromatic N) is 2. The maximum absolute atomic E-state index is 13.5. The molecule has 1 aromatic carbocycles. The molecule has 1 N–H and O–H groups in total. The van der Waals surface area contributed by atoms with Gasteiger partial charge in [0.25, 0.3) is 0 Å². The lowest BCUT2D eigenvalue weighted by molar-refractivity contribution is -0.137. The maximum atomic E-state index is 13.5. The normalized spacial score (nSPS) is 16.8. The average molecular weight is 457 g/mol. The number of carbonyl (C=O) groups excluding carboxylic acids is 1. The molecule has 0 aliphatic carbocycles. The second kappa shape index (κ2) is 11.6. The minimum atomic E-state index is -0.464. The summed E-state index contributed by atoms with van der Waals surface area (Å²) in [6, 6.07) is 10.2. The predicted molar refractivity (Wildman–Crippen MR) is 131 cm³/mol.